The molecule has 19 nitrogen and oxygen atoms in total. The van der Waals surface area contributed by atoms with Crippen molar-refractivity contribution in [2.75, 3.05) is 54.5 Å². The Morgan fingerprint density at radius 2 is 1.19 bits per heavy atom. The molecule has 2 fully saturated rings. The van der Waals surface area contributed by atoms with Gasteiger partial charge in [-0.25, -0.2) is 36.4 Å². The Balaban J connectivity index is 0.000000260. The van der Waals surface area contributed by atoms with Crippen LogP contribution < -0.4 is 47.5 Å². The summed E-state index contributed by atoms with van der Waals surface area (Å²) in [5, 5.41) is 19.1. The van der Waals surface area contributed by atoms with E-state index in [1.807, 2.05) is 0 Å². The molecule has 0 aliphatic carbocycles. The summed E-state index contributed by atoms with van der Waals surface area (Å²) in [5.74, 6) is -2.70. The minimum atomic E-state index is -4.37. The molecule has 59 heavy (non-hydrogen) atoms. The fourth-order valence-electron chi connectivity index (χ4n) is 6.05. The number of carbonyl (C=O) groups excluding carboxylic acids is 2. The SMILES string of the molecule is COC(=O)c1nc(N2CCCCS2(=O)=O)c2cccnc2c1O.COC(=O)c1nc(N2CCCCS2(=O)=O)c2cccnc2c1OS(=O)(=O)c1ccc(C)cc1.C[O-].[Na+]. The molecule has 1 aromatic carbocycles. The molecule has 310 valence electrons. The first-order chi connectivity index (χ1) is 27.6. The van der Waals surface area contributed by atoms with Crippen LogP contribution in [0.5, 0.6) is 11.5 Å². The molecule has 1 N–H and O–H groups in total. The van der Waals surface area contributed by atoms with E-state index in [1.165, 1.54) is 28.8 Å². The summed E-state index contributed by atoms with van der Waals surface area (Å²) in [6.45, 7) is 2.24. The molecular weight excluding hydrogens is 844 g/mol. The molecule has 4 aromatic heterocycles. The van der Waals surface area contributed by atoms with Crippen LogP contribution in [0.3, 0.4) is 0 Å². The van der Waals surface area contributed by atoms with E-state index < -0.39 is 59.3 Å². The first-order valence-corrected chi connectivity index (χ1v) is 22.1. The van der Waals surface area contributed by atoms with Gasteiger partial charge in [-0.15, -0.1) is 0 Å². The van der Waals surface area contributed by atoms with Gasteiger partial charge < -0.3 is 23.9 Å². The van der Waals surface area contributed by atoms with Crippen molar-refractivity contribution in [1.82, 2.24) is 19.9 Å². The van der Waals surface area contributed by atoms with E-state index in [1.54, 1.807) is 43.3 Å². The van der Waals surface area contributed by atoms with Gasteiger partial charge in [0.2, 0.25) is 25.8 Å². The van der Waals surface area contributed by atoms with E-state index in [4.69, 9.17) is 14.0 Å². The molecule has 0 unspecified atom stereocenters. The van der Waals surface area contributed by atoms with Crippen molar-refractivity contribution >= 4 is 75.5 Å². The van der Waals surface area contributed by atoms with Crippen LogP contribution in [0, 0.1) is 6.92 Å². The summed E-state index contributed by atoms with van der Waals surface area (Å²) in [5.41, 5.74) is 0.0905. The average molecular weight is 883 g/mol. The second-order valence-electron chi connectivity index (χ2n) is 12.6. The molecule has 0 radical (unpaired) electrons. The monoisotopic (exact) mass is 882 g/mol. The van der Waals surface area contributed by atoms with Crippen molar-refractivity contribution in [3.8, 4) is 11.5 Å². The fraction of sp³-hybridized carbons (Fsp3) is 0.333. The molecule has 2 aliphatic rings. The van der Waals surface area contributed by atoms with Crippen LogP contribution in [-0.2, 0) is 39.6 Å². The van der Waals surface area contributed by atoms with E-state index in [9.17, 15) is 39.9 Å². The number of aryl methyl sites for hydroxylation is 1. The maximum absolute atomic E-state index is 13.0. The van der Waals surface area contributed by atoms with Gasteiger partial charge in [0.1, 0.15) is 15.9 Å². The molecule has 0 atom stereocenters. The van der Waals surface area contributed by atoms with Crippen molar-refractivity contribution in [2.24, 2.45) is 0 Å². The van der Waals surface area contributed by atoms with E-state index in [0.29, 0.717) is 31.1 Å². The first kappa shape index (κ1) is 47.0. The number of esters is 2. The zero-order chi connectivity index (χ0) is 42.4. The summed E-state index contributed by atoms with van der Waals surface area (Å²) in [6, 6.07) is 12.3. The van der Waals surface area contributed by atoms with Crippen LogP contribution in [0.4, 0.5) is 11.6 Å². The predicted molar refractivity (Wildman–Crippen MR) is 209 cm³/mol. The van der Waals surface area contributed by atoms with Gasteiger partial charge in [0.05, 0.1) is 25.7 Å². The third-order valence-corrected chi connectivity index (χ3v) is 13.7. The Bertz CT molecular complexity index is 2690. The zero-order valence-electron chi connectivity index (χ0n) is 32.7. The van der Waals surface area contributed by atoms with Gasteiger partial charge in [-0.05, 0) is 69.0 Å². The Morgan fingerprint density at radius 3 is 1.68 bits per heavy atom. The van der Waals surface area contributed by atoms with Crippen LogP contribution in [0.1, 0.15) is 52.2 Å². The van der Waals surface area contributed by atoms with Gasteiger partial charge in [0, 0.05) is 36.3 Å². The Hall–Kier alpha value is -4.71. The van der Waals surface area contributed by atoms with Crippen molar-refractivity contribution in [2.45, 2.75) is 37.5 Å². The predicted octanol–water partition coefficient (Wildman–Crippen LogP) is -0.545. The fourth-order valence-corrected chi connectivity index (χ4v) is 10.2. The maximum atomic E-state index is 13.0. The van der Waals surface area contributed by atoms with Crippen LogP contribution in [-0.4, -0.2) is 108 Å². The third-order valence-electron chi connectivity index (χ3n) is 8.84. The summed E-state index contributed by atoms with van der Waals surface area (Å²) < 4.78 is 93.1. The average Bonchev–Trinajstić information content (AvgIpc) is 3.22. The molecular formula is C36H39N6NaO13S3. The topological polar surface area (TPSA) is 266 Å². The number of pyridine rings is 4. The Kier molecular flexibility index (Phi) is 15.6. The van der Waals surface area contributed by atoms with Gasteiger partial charge in [0.25, 0.3) is 0 Å². The number of aromatic nitrogens is 4. The first-order valence-electron chi connectivity index (χ1n) is 17.5. The molecule has 5 aromatic rings. The molecule has 7 rings (SSSR count). The molecule has 0 amide bonds. The van der Waals surface area contributed by atoms with Crippen molar-refractivity contribution < 1.29 is 88.3 Å². The maximum Gasteiger partial charge on any atom is 1.00 e. The summed E-state index contributed by atoms with van der Waals surface area (Å²) >= 11 is 0. The van der Waals surface area contributed by atoms with E-state index in [2.05, 4.69) is 24.7 Å². The number of hydrogen-bond acceptors (Lipinski definition) is 17. The molecule has 23 heteroatoms. The number of rotatable bonds is 7. The van der Waals surface area contributed by atoms with Gasteiger partial charge in [-0.3, -0.25) is 18.6 Å². The second-order valence-corrected chi connectivity index (χ2v) is 18.1. The number of sulfonamides is 2. The summed E-state index contributed by atoms with van der Waals surface area (Å²) in [7, 11) is -8.56. The minimum absolute atomic E-state index is 0. The molecule has 0 bridgehead atoms. The quantitative estimate of drug-likeness (QED) is 0.122. The summed E-state index contributed by atoms with van der Waals surface area (Å²) in [4.78, 5) is 40.8. The largest absolute Gasteiger partial charge is 1.00 e. The second kappa shape index (κ2) is 19.6. The number of benzene rings is 1. The molecule has 2 aliphatic heterocycles. The number of ether oxygens (including phenoxy) is 2. The summed E-state index contributed by atoms with van der Waals surface area (Å²) in [6.07, 6.45) is 5.21. The van der Waals surface area contributed by atoms with Crippen molar-refractivity contribution in [3.63, 3.8) is 0 Å². The third kappa shape index (κ3) is 10.0. The van der Waals surface area contributed by atoms with Crippen molar-refractivity contribution in [1.29, 1.82) is 0 Å². The number of hydrogen-bond donors (Lipinski definition) is 1. The number of fused-ring (bicyclic) bond motifs is 2. The number of aromatic hydroxyl groups is 1. The minimum Gasteiger partial charge on any atom is -0.857 e. The van der Waals surface area contributed by atoms with Crippen LogP contribution in [0.25, 0.3) is 21.8 Å². The van der Waals surface area contributed by atoms with Gasteiger partial charge >= 0.3 is 51.6 Å². The number of carbonyl (C=O) groups is 2. The standard InChI is InChI=1S/C21H21N3O7S2.C14H15N3O5S.CH3O.Na/c1-14-7-9-15(10-8-14)33(28,29)31-19-17-16(6-5-11-22-17)20(23-18(19)21(25)30-2)24-12-3-4-13-32(24,26)27;1-22-14(19)11-12(18)10-9(5-4-6-15-10)13(16-11)17-7-2-3-8-23(17,20)21;1-2;/h5-11H,3-4,12-13H2,1-2H3;4-6,18H,2-3,7-8H2,1H3;1H3;/q;;-1;+1. The Labute approximate surface area is 362 Å². The van der Waals surface area contributed by atoms with E-state index >= 15 is 0 Å². The molecule has 6 heterocycles. The van der Waals surface area contributed by atoms with Gasteiger partial charge in [0.15, 0.2) is 28.8 Å². The number of methoxy groups -OCH3 is 2. The van der Waals surface area contributed by atoms with Crippen LogP contribution in [0.2, 0.25) is 0 Å². The van der Waals surface area contributed by atoms with Gasteiger partial charge in [-0.1, -0.05) is 17.7 Å². The molecule has 0 saturated carbocycles. The van der Waals surface area contributed by atoms with Crippen LogP contribution >= 0.6 is 0 Å². The van der Waals surface area contributed by atoms with Crippen molar-refractivity contribution in [3.05, 3.63) is 77.9 Å². The van der Waals surface area contributed by atoms with Crippen LogP contribution in [0.15, 0.2) is 65.8 Å². The van der Waals surface area contributed by atoms with Gasteiger partial charge in [-0.2, -0.15) is 15.5 Å². The smallest absolute Gasteiger partial charge is 0.857 e. The number of nitrogens with zero attached hydrogens (tertiary/aromatic N) is 6. The normalized spacial score (nSPS) is 15.7. The number of anilines is 2. The Morgan fingerprint density at radius 1 is 0.729 bits per heavy atom. The van der Waals surface area contributed by atoms with E-state index in [0.717, 1.165) is 31.2 Å². The zero-order valence-corrected chi connectivity index (χ0v) is 37.1. The van der Waals surface area contributed by atoms with E-state index in [-0.39, 0.29) is 92.8 Å². The molecule has 2 saturated heterocycles. The molecule has 0 spiro atoms.